The van der Waals surface area contributed by atoms with Crippen molar-refractivity contribution in [2.75, 3.05) is 4.90 Å². The van der Waals surface area contributed by atoms with Gasteiger partial charge in [-0.3, -0.25) is 4.79 Å². The number of para-hydroxylation sites is 1. The predicted octanol–water partition coefficient (Wildman–Crippen LogP) is 4.74. The van der Waals surface area contributed by atoms with Crippen LogP contribution in [-0.4, -0.2) is 5.91 Å². The summed E-state index contributed by atoms with van der Waals surface area (Å²) in [6, 6.07) is 10.6. The second kappa shape index (κ2) is 5.23. The summed E-state index contributed by atoms with van der Waals surface area (Å²) in [7, 11) is 0. The highest BCUT2D eigenvalue weighted by molar-refractivity contribution is 6.08. The lowest BCUT2D eigenvalue weighted by atomic mass is 9.85. The van der Waals surface area contributed by atoms with E-state index < -0.39 is 5.41 Å². The minimum absolute atomic E-state index is 0.196. The van der Waals surface area contributed by atoms with Crippen LogP contribution < -0.4 is 4.90 Å². The molecule has 0 fully saturated rings. The Morgan fingerprint density at radius 1 is 0.957 bits per heavy atom. The van der Waals surface area contributed by atoms with Gasteiger partial charge in [0.2, 0.25) is 5.91 Å². The molecule has 0 saturated heterocycles. The maximum Gasteiger partial charge on any atom is 0.237 e. The summed E-state index contributed by atoms with van der Waals surface area (Å²) in [5, 5.41) is 0. The van der Waals surface area contributed by atoms with Crippen LogP contribution in [0.3, 0.4) is 0 Å². The zero-order valence-electron chi connectivity index (χ0n) is 14.9. The van der Waals surface area contributed by atoms with Crippen molar-refractivity contribution in [1.29, 1.82) is 0 Å². The van der Waals surface area contributed by atoms with Crippen LogP contribution in [0, 0.1) is 27.7 Å². The van der Waals surface area contributed by atoms with Crippen molar-refractivity contribution >= 4 is 11.6 Å². The molecule has 0 N–H and O–H groups in total. The van der Waals surface area contributed by atoms with E-state index in [0.29, 0.717) is 6.54 Å². The third-order valence-electron chi connectivity index (χ3n) is 5.12. The standard InChI is InChI=1S/C21H25NO/c1-13-10-15(3)17(16(4)11-13)12-22-19-14(2)8-7-9-18(19)21(5,6)20(22)23/h7-11H,12H2,1-6H3. The zero-order valence-corrected chi connectivity index (χ0v) is 14.9. The molecule has 3 rings (SSSR count). The van der Waals surface area contributed by atoms with E-state index in [1.807, 2.05) is 18.7 Å². The van der Waals surface area contributed by atoms with Crippen molar-refractivity contribution in [3.8, 4) is 0 Å². The number of carbonyl (C=O) groups excluding carboxylic acids is 1. The van der Waals surface area contributed by atoms with Crippen molar-refractivity contribution < 1.29 is 4.79 Å². The maximum atomic E-state index is 13.1. The molecule has 2 nitrogen and oxygen atoms in total. The third kappa shape index (κ3) is 2.37. The largest absolute Gasteiger partial charge is 0.307 e. The van der Waals surface area contributed by atoms with Crippen molar-refractivity contribution in [1.82, 2.24) is 0 Å². The van der Waals surface area contributed by atoms with Crippen LogP contribution in [0.15, 0.2) is 30.3 Å². The fourth-order valence-electron chi connectivity index (χ4n) is 3.84. The topological polar surface area (TPSA) is 20.3 Å². The molecule has 1 aliphatic rings. The molecule has 0 aliphatic carbocycles. The van der Waals surface area contributed by atoms with Gasteiger partial charge in [0.25, 0.3) is 0 Å². The molecule has 1 amide bonds. The molecule has 0 spiro atoms. The average Bonchev–Trinajstić information content (AvgIpc) is 2.64. The van der Waals surface area contributed by atoms with Gasteiger partial charge in [-0.25, -0.2) is 0 Å². The van der Waals surface area contributed by atoms with Crippen molar-refractivity contribution in [2.45, 2.75) is 53.5 Å². The number of hydrogen-bond donors (Lipinski definition) is 0. The lowest BCUT2D eigenvalue weighted by Gasteiger charge is -2.23. The van der Waals surface area contributed by atoms with Crippen molar-refractivity contribution in [3.05, 3.63) is 63.7 Å². The average molecular weight is 307 g/mol. The summed E-state index contributed by atoms with van der Waals surface area (Å²) in [5.74, 6) is 0.196. The molecule has 23 heavy (non-hydrogen) atoms. The number of nitrogens with zero attached hydrogens (tertiary/aromatic N) is 1. The van der Waals surface area contributed by atoms with Gasteiger partial charge in [0, 0.05) is 0 Å². The normalized spacial score (nSPS) is 15.9. The van der Waals surface area contributed by atoms with E-state index in [-0.39, 0.29) is 5.91 Å². The number of anilines is 1. The molecule has 120 valence electrons. The van der Waals surface area contributed by atoms with E-state index in [4.69, 9.17) is 0 Å². The Labute approximate surface area is 139 Å². The van der Waals surface area contributed by atoms with Gasteiger partial charge in [-0.2, -0.15) is 0 Å². The molecular formula is C21H25NO. The fraction of sp³-hybridized carbons (Fsp3) is 0.381. The molecular weight excluding hydrogens is 282 g/mol. The lowest BCUT2D eigenvalue weighted by molar-refractivity contribution is -0.122. The summed E-state index contributed by atoms with van der Waals surface area (Å²) in [6.45, 7) is 13.2. The zero-order chi connectivity index (χ0) is 16.9. The number of fused-ring (bicyclic) bond motifs is 1. The van der Waals surface area contributed by atoms with E-state index in [1.165, 1.54) is 27.8 Å². The molecule has 2 heteroatoms. The van der Waals surface area contributed by atoms with Gasteiger partial charge in [-0.15, -0.1) is 0 Å². The molecule has 0 aromatic heterocycles. The van der Waals surface area contributed by atoms with Gasteiger partial charge < -0.3 is 4.90 Å². The number of rotatable bonds is 2. The van der Waals surface area contributed by atoms with Crippen LogP contribution in [0.4, 0.5) is 5.69 Å². The van der Waals surface area contributed by atoms with Gasteiger partial charge >= 0.3 is 0 Å². The smallest absolute Gasteiger partial charge is 0.237 e. The first kappa shape index (κ1) is 15.8. The highest BCUT2D eigenvalue weighted by Gasteiger charge is 2.44. The Hall–Kier alpha value is -2.09. The Balaban J connectivity index is 2.11. The summed E-state index contributed by atoms with van der Waals surface area (Å²) in [6.07, 6.45) is 0. The maximum absolute atomic E-state index is 13.1. The Morgan fingerprint density at radius 3 is 2.17 bits per heavy atom. The Kier molecular flexibility index (Phi) is 3.59. The quantitative estimate of drug-likeness (QED) is 0.784. The number of aryl methyl sites for hydroxylation is 4. The minimum atomic E-state index is -0.451. The monoisotopic (exact) mass is 307 g/mol. The number of hydrogen-bond acceptors (Lipinski definition) is 1. The Morgan fingerprint density at radius 2 is 1.57 bits per heavy atom. The summed E-state index contributed by atoms with van der Waals surface area (Å²) in [4.78, 5) is 15.0. The molecule has 0 unspecified atom stereocenters. The molecule has 0 radical (unpaired) electrons. The lowest BCUT2D eigenvalue weighted by Crippen LogP contribution is -2.36. The van der Waals surface area contributed by atoms with Crippen LogP contribution in [0.25, 0.3) is 0 Å². The number of amides is 1. The molecule has 0 bridgehead atoms. The van der Waals surface area contributed by atoms with Gasteiger partial charge in [0.15, 0.2) is 0 Å². The first-order chi connectivity index (χ1) is 10.7. The molecule has 0 atom stereocenters. The fourth-order valence-corrected chi connectivity index (χ4v) is 3.84. The van der Waals surface area contributed by atoms with E-state index in [1.54, 1.807) is 0 Å². The molecule has 0 saturated carbocycles. The van der Waals surface area contributed by atoms with Crippen molar-refractivity contribution in [2.24, 2.45) is 0 Å². The summed E-state index contributed by atoms with van der Waals surface area (Å²) >= 11 is 0. The Bertz CT molecular complexity index is 778. The van der Waals surface area contributed by atoms with Gasteiger partial charge in [-0.05, 0) is 69.4 Å². The second-order valence-electron chi connectivity index (χ2n) is 7.36. The van der Waals surface area contributed by atoms with Crippen LogP contribution >= 0.6 is 0 Å². The van der Waals surface area contributed by atoms with Crippen LogP contribution in [-0.2, 0) is 16.8 Å². The van der Waals surface area contributed by atoms with E-state index in [2.05, 4.69) is 58.0 Å². The van der Waals surface area contributed by atoms with E-state index in [9.17, 15) is 4.79 Å². The number of carbonyl (C=O) groups is 1. The highest BCUT2D eigenvalue weighted by atomic mass is 16.2. The minimum Gasteiger partial charge on any atom is -0.307 e. The molecule has 1 aliphatic heterocycles. The number of benzene rings is 2. The van der Waals surface area contributed by atoms with Crippen LogP contribution in [0.1, 0.15) is 47.2 Å². The van der Waals surface area contributed by atoms with E-state index in [0.717, 1.165) is 11.3 Å². The molecule has 2 aromatic carbocycles. The van der Waals surface area contributed by atoms with E-state index >= 15 is 0 Å². The highest BCUT2D eigenvalue weighted by Crippen LogP contribution is 2.44. The molecule has 1 heterocycles. The predicted molar refractivity (Wildman–Crippen MR) is 96.0 cm³/mol. The van der Waals surface area contributed by atoms with Gasteiger partial charge in [-0.1, -0.05) is 35.9 Å². The molecule has 2 aromatic rings. The third-order valence-corrected chi connectivity index (χ3v) is 5.12. The first-order valence-electron chi connectivity index (χ1n) is 8.22. The van der Waals surface area contributed by atoms with Gasteiger partial charge in [0.1, 0.15) is 0 Å². The van der Waals surface area contributed by atoms with Crippen molar-refractivity contribution in [3.63, 3.8) is 0 Å². The van der Waals surface area contributed by atoms with Crippen LogP contribution in [0.5, 0.6) is 0 Å². The second-order valence-corrected chi connectivity index (χ2v) is 7.36. The van der Waals surface area contributed by atoms with Crippen LogP contribution in [0.2, 0.25) is 0 Å². The van der Waals surface area contributed by atoms with Gasteiger partial charge in [0.05, 0.1) is 17.6 Å². The summed E-state index contributed by atoms with van der Waals surface area (Å²) in [5.41, 5.74) is 8.01. The first-order valence-corrected chi connectivity index (χ1v) is 8.22. The summed E-state index contributed by atoms with van der Waals surface area (Å²) < 4.78 is 0. The SMILES string of the molecule is Cc1cc(C)c(CN2C(=O)C(C)(C)c3cccc(C)c32)c(C)c1.